The number of hydrogen-bond acceptors (Lipinski definition) is 5. The van der Waals surface area contributed by atoms with E-state index in [-0.39, 0.29) is 5.91 Å². The van der Waals surface area contributed by atoms with Crippen molar-refractivity contribution < 1.29 is 4.79 Å². The van der Waals surface area contributed by atoms with Crippen LogP contribution in [-0.2, 0) is 4.79 Å². The summed E-state index contributed by atoms with van der Waals surface area (Å²) in [7, 11) is 0. The van der Waals surface area contributed by atoms with Crippen LogP contribution in [0.4, 0.5) is 11.5 Å². The number of anilines is 2. The van der Waals surface area contributed by atoms with Gasteiger partial charge in [0.1, 0.15) is 17.2 Å². The van der Waals surface area contributed by atoms with Gasteiger partial charge in [0.05, 0.1) is 5.75 Å². The van der Waals surface area contributed by atoms with Gasteiger partial charge in [0.25, 0.3) is 0 Å². The van der Waals surface area contributed by atoms with Crippen molar-refractivity contribution in [2.24, 2.45) is 0 Å². The Bertz CT molecular complexity index is 750. The van der Waals surface area contributed by atoms with E-state index >= 15 is 0 Å². The SMILES string of the molecule is Cc1c(Cl)cccc1NC(=O)CSc1cc(N2CCCCC2)ncn1. The summed E-state index contributed by atoms with van der Waals surface area (Å²) in [6.45, 7) is 3.96. The second-order valence-electron chi connectivity index (χ2n) is 6.01. The Balaban J connectivity index is 1.57. The first-order valence-corrected chi connectivity index (χ1v) is 9.74. The molecule has 1 saturated heterocycles. The number of amides is 1. The predicted octanol–water partition coefficient (Wildman–Crippen LogP) is 4.16. The molecule has 5 nitrogen and oxygen atoms in total. The number of thioether (sulfide) groups is 1. The summed E-state index contributed by atoms with van der Waals surface area (Å²) in [4.78, 5) is 23.1. The van der Waals surface area contributed by atoms with Gasteiger partial charge in [0, 0.05) is 29.9 Å². The summed E-state index contributed by atoms with van der Waals surface area (Å²) in [5.41, 5.74) is 1.62. The van der Waals surface area contributed by atoms with E-state index in [1.165, 1.54) is 31.0 Å². The van der Waals surface area contributed by atoms with Gasteiger partial charge in [-0.25, -0.2) is 9.97 Å². The summed E-state index contributed by atoms with van der Waals surface area (Å²) in [5, 5.41) is 4.36. The van der Waals surface area contributed by atoms with E-state index in [0.29, 0.717) is 10.8 Å². The molecule has 0 aliphatic carbocycles. The number of nitrogens with zero attached hydrogens (tertiary/aromatic N) is 3. The Morgan fingerprint density at radius 1 is 1.28 bits per heavy atom. The Kier molecular flexibility index (Phi) is 6.15. The highest BCUT2D eigenvalue weighted by molar-refractivity contribution is 7.99. The smallest absolute Gasteiger partial charge is 0.234 e. The maximum atomic E-state index is 12.2. The molecular formula is C18H21ClN4OS. The molecule has 1 N–H and O–H groups in total. The maximum absolute atomic E-state index is 12.2. The predicted molar refractivity (Wildman–Crippen MR) is 104 cm³/mol. The zero-order chi connectivity index (χ0) is 17.6. The van der Waals surface area contributed by atoms with Crippen LogP contribution >= 0.6 is 23.4 Å². The lowest BCUT2D eigenvalue weighted by molar-refractivity contribution is -0.113. The van der Waals surface area contributed by atoms with Gasteiger partial charge in [-0.1, -0.05) is 29.4 Å². The molecule has 1 fully saturated rings. The lowest BCUT2D eigenvalue weighted by Crippen LogP contribution is -2.30. The first kappa shape index (κ1) is 18.0. The zero-order valence-electron chi connectivity index (χ0n) is 14.2. The van der Waals surface area contributed by atoms with E-state index in [2.05, 4.69) is 20.2 Å². The minimum atomic E-state index is -0.0755. The number of aromatic nitrogens is 2. The fourth-order valence-corrected chi connectivity index (χ4v) is 3.61. The van der Waals surface area contributed by atoms with E-state index in [9.17, 15) is 4.79 Å². The van der Waals surface area contributed by atoms with Crippen molar-refractivity contribution in [3.8, 4) is 0 Å². The first-order valence-electron chi connectivity index (χ1n) is 8.38. The molecular weight excluding hydrogens is 356 g/mol. The fourth-order valence-electron chi connectivity index (χ4n) is 2.77. The number of piperidine rings is 1. The Labute approximate surface area is 157 Å². The van der Waals surface area contributed by atoms with Crippen LogP contribution in [0.1, 0.15) is 24.8 Å². The van der Waals surface area contributed by atoms with Gasteiger partial charge in [-0.15, -0.1) is 0 Å². The Morgan fingerprint density at radius 3 is 2.88 bits per heavy atom. The number of carbonyl (C=O) groups is 1. The molecule has 2 heterocycles. The summed E-state index contributed by atoms with van der Waals surface area (Å²) < 4.78 is 0. The standard InChI is InChI=1S/C18H21ClN4OS/c1-13-14(19)6-5-7-15(13)22-17(24)11-25-18-10-16(20-12-21-18)23-8-3-2-4-9-23/h5-7,10,12H,2-4,8-9,11H2,1H3,(H,22,24). The van der Waals surface area contributed by atoms with E-state index in [4.69, 9.17) is 11.6 Å². The number of rotatable bonds is 5. The van der Waals surface area contributed by atoms with Crippen molar-refractivity contribution in [3.63, 3.8) is 0 Å². The van der Waals surface area contributed by atoms with Gasteiger partial charge >= 0.3 is 0 Å². The minimum absolute atomic E-state index is 0.0755. The molecule has 1 aromatic heterocycles. The van der Waals surface area contributed by atoms with E-state index < -0.39 is 0 Å². The molecule has 0 radical (unpaired) electrons. The Morgan fingerprint density at radius 2 is 2.08 bits per heavy atom. The third kappa shape index (κ3) is 4.86. The Hall–Kier alpha value is -1.79. The number of benzene rings is 1. The lowest BCUT2D eigenvalue weighted by atomic mass is 10.1. The zero-order valence-corrected chi connectivity index (χ0v) is 15.7. The largest absolute Gasteiger partial charge is 0.356 e. The molecule has 132 valence electrons. The van der Waals surface area contributed by atoms with Crippen LogP contribution in [0.2, 0.25) is 5.02 Å². The molecule has 25 heavy (non-hydrogen) atoms. The molecule has 0 unspecified atom stereocenters. The van der Waals surface area contributed by atoms with Crippen LogP contribution < -0.4 is 10.2 Å². The van der Waals surface area contributed by atoms with Crippen LogP contribution in [0, 0.1) is 6.92 Å². The third-order valence-electron chi connectivity index (χ3n) is 4.20. The van der Waals surface area contributed by atoms with Crippen molar-refractivity contribution in [3.05, 3.63) is 41.2 Å². The van der Waals surface area contributed by atoms with E-state index in [1.54, 1.807) is 6.33 Å². The van der Waals surface area contributed by atoms with Gasteiger partial charge in [0.2, 0.25) is 5.91 Å². The molecule has 7 heteroatoms. The van der Waals surface area contributed by atoms with Crippen LogP contribution in [0.25, 0.3) is 0 Å². The fraction of sp³-hybridized carbons (Fsp3) is 0.389. The number of halogens is 1. The molecule has 0 atom stereocenters. The monoisotopic (exact) mass is 376 g/mol. The average molecular weight is 377 g/mol. The van der Waals surface area contributed by atoms with E-state index in [1.807, 2.05) is 31.2 Å². The third-order valence-corrected chi connectivity index (χ3v) is 5.54. The van der Waals surface area contributed by atoms with Crippen LogP contribution in [0.5, 0.6) is 0 Å². The summed E-state index contributed by atoms with van der Waals surface area (Å²) in [5.74, 6) is 1.17. The molecule has 2 aromatic rings. The first-order chi connectivity index (χ1) is 12.1. The molecule has 3 rings (SSSR count). The van der Waals surface area contributed by atoms with Crippen molar-refractivity contribution >= 4 is 40.8 Å². The molecule has 1 aliphatic heterocycles. The summed E-state index contributed by atoms with van der Waals surface area (Å²) in [6.07, 6.45) is 5.26. The van der Waals surface area contributed by atoms with Crippen LogP contribution in [-0.4, -0.2) is 34.7 Å². The normalized spacial score (nSPS) is 14.4. The molecule has 1 amide bonds. The molecule has 0 bridgehead atoms. The summed E-state index contributed by atoms with van der Waals surface area (Å²) >= 11 is 7.50. The van der Waals surface area contributed by atoms with Crippen LogP contribution in [0.3, 0.4) is 0 Å². The van der Waals surface area contributed by atoms with Crippen molar-refractivity contribution in [2.75, 3.05) is 29.1 Å². The molecule has 1 aromatic carbocycles. The van der Waals surface area contributed by atoms with E-state index in [0.717, 1.165) is 35.2 Å². The summed E-state index contributed by atoms with van der Waals surface area (Å²) in [6, 6.07) is 7.45. The van der Waals surface area contributed by atoms with Gasteiger partial charge in [-0.2, -0.15) is 0 Å². The highest BCUT2D eigenvalue weighted by atomic mass is 35.5. The second-order valence-corrected chi connectivity index (χ2v) is 7.41. The van der Waals surface area contributed by atoms with Crippen LogP contribution in [0.15, 0.2) is 35.6 Å². The van der Waals surface area contributed by atoms with Gasteiger partial charge in [0.15, 0.2) is 0 Å². The minimum Gasteiger partial charge on any atom is -0.356 e. The van der Waals surface area contributed by atoms with Gasteiger partial charge < -0.3 is 10.2 Å². The molecule has 1 aliphatic rings. The highest BCUT2D eigenvalue weighted by Crippen LogP contribution is 2.25. The lowest BCUT2D eigenvalue weighted by Gasteiger charge is -2.27. The maximum Gasteiger partial charge on any atom is 0.234 e. The topological polar surface area (TPSA) is 58.1 Å². The van der Waals surface area contributed by atoms with Crippen molar-refractivity contribution in [2.45, 2.75) is 31.2 Å². The van der Waals surface area contributed by atoms with Gasteiger partial charge in [-0.05, 0) is 43.9 Å². The molecule has 0 spiro atoms. The van der Waals surface area contributed by atoms with Crippen molar-refractivity contribution in [1.82, 2.24) is 9.97 Å². The average Bonchev–Trinajstić information content (AvgIpc) is 2.65. The molecule has 0 saturated carbocycles. The number of carbonyl (C=O) groups excluding carboxylic acids is 1. The van der Waals surface area contributed by atoms with Gasteiger partial charge in [-0.3, -0.25) is 4.79 Å². The van der Waals surface area contributed by atoms with Crippen molar-refractivity contribution in [1.29, 1.82) is 0 Å². The number of nitrogens with one attached hydrogen (secondary N) is 1. The quantitative estimate of drug-likeness (QED) is 0.627. The second kappa shape index (κ2) is 8.54. The number of hydrogen-bond donors (Lipinski definition) is 1. The highest BCUT2D eigenvalue weighted by Gasteiger charge is 2.13.